The molecule has 0 aliphatic heterocycles. The molecule has 2 aromatic rings. The fourth-order valence-electron chi connectivity index (χ4n) is 1.77. The summed E-state index contributed by atoms with van der Waals surface area (Å²) in [6, 6.07) is 4.18. The van der Waals surface area contributed by atoms with Gasteiger partial charge < -0.3 is 4.57 Å². The number of hydrogen-bond donors (Lipinski definition) is 0. The van der Waals surface area contributed by atoms with Gasteiger partial charge in [0.15, 0.2) is 0 Å². The molecule has 0 saturated heterocycles. The Hall–Kier alpha value is -1.43. The summed E-state index contributed by atoms with van der Waals surface area (Å²) in [5, 5.41) is 0. The van der Waals surface area contributed by atoms with Crippen LogP contribution in [0.3, 0.4) is 0 Å². The van der Waals surface area contributed by atoms with Gasteiger partial charge in [-0.25, -0.2) is 4.98 Å². The van der Waals surface area contributed by atoms with Crippen LogP contribution >= 0.6 is 11.8 Å². The highest BCUT2D eigenvalue weighted by Crippen LogP contribution is 2.40. The van der Waals surface area contributed by atoms with E-state index in [4.69, 9.17) is 0 Å². The second kappa shape index (κ2) is 4.68. The minimum absolute atomic E-state index is 0.144. The second-order valence-corrected chi connectivity index (χ2v) is 4.59. The van der Waals surface area contributed by atoms with Crippen molar-refractivity contribution < 1.29 is 13.2 Å². The van der Waals surface area contributed by atoms with Gasteiger partial charge in [0.2, 0.25) is 0 Å². The third-order valence-electron chi connectivity index (χ3n) is 2.60. The molecule has 0 aliphatic carbocycles. The molecule has 0 fully saturated rings. The van der Waals surface area contributed by atoms with E-state index >= 15 is 0 Å². The van der Waals surface area contributed by atoms with E-state index in [1.165, 1.54) is 24.0 Å². The summed E-state index contributed by atoms with van der Waals surface area (Å²) in [6.07, 6.45) is 0.494. The Morgan fingerprint density at radius 1 is 1.28 bits per heavy atom. The number of hydrogen-bond acceptors (Lipinski definition) is 2. The summed E-state index contributed by atoms with van der Waals surface area (Å²) in [6.45, 7) is 0. The molecule has 1 aromatic heterocycles. The molecular weight excluding hydrogens is 261 g/mol. The summed E-state index contributed by atoms with van der Waals surface area (Å²) < 4.78 is 40.7. The number of aryl methyl sites for hydroxylation is 1. The van der Waals surface area contributed by atoms with E-state index < -0.39 is 11.7 Å². The molecule has 6 heteroatoms. The molecule has 0 aliphatic rings. The third-order valence-corrected chi connectivity index (χ3v) is 3.38. The minimum Gasteiger partial charge on any atom is -0.334 e. The molecule has 0 unspecified atom stereocenters. The van der Waals surface area contributed by atoms with Gasteiger partial charge in [-0.2, -0.15) is 13.2 Å². The minimum atomic E-state index is -4.38. The average molecular weight is 272 g/mol. The van der Waals surface area contributed by atoms with Crippen LogP contribution in [0.5, 0.6) is 0 Å². The maximum atomic E-state index is 13.0. The molecule has 2 rings (SSSR count). The smallest absolute Gasteiger partial charge is 0.334 e. The SMILES string of the molecule is CSc1cccc(C(F)(F)F)c1-c1nccn1C. The molecule has 0 atom stereocenters. The van der Waals surface area contributed by atoms with Gasteiger partial charge in [0, 0.05) is 29.9 Å². The zero-order chi connectivity index (χ0) is 13.3. The summed E-state index contributed by atoms with van der Waals surface area (Å²) in [7, 11) is 1.68. The molecule has 0 spiro atoms. The zero-order valence-corrected chi connectivity index (χ0v) is 10.6. The number of halogens is 3. The van der Waals surface area contributed by atoms with Gasteiger partial charge in [-0.15, -0.1) is 11.8 Å². The lowest BCUT2D eigenvalue weighted by atomic mass is 10.1. The predicted molar refractivity (Wildman–Crippen MR) is 65.4 cm³/mol. The summed E-state index contributed by atoms with van der Waals surface area (Å²) in [4.78, 5) is 4.59. The van der Waals surface area contributed by atoms with Gasteiger partial charge in [0.25, 0.3) is 0 Å². The van der Waals surface area contributed by atoms with Crippen LogP contribution in [-0.2, 0) is 13.2 Å². The lowest BCUT2D eigenvalue weighted by molar-refractivity contribution is -0.137. The van der Waals surface area contributed by atoms with Crippen LogP contribution in [0, 0.1) is 0 Å². The molecule has 1 heterocycles. The first kappa shape index (κ1) is 13.0. The first-order valence-corrected chi connectivity index (χ1v) is 6.39. The van der Waals surface area contributed by atoms with Crippen LogP contribution in [0.1, 0.15) is 5.56 Å². The fraction of sp³-hybridized carbons (Fsp3) is 0.250. The first-order valence-electron chi connectivity index (χ1n) is 5.17. The Labute approximate surface area is 107 Å². The van der Waals surface area contributed by atoms with Crippen molar-refractivity contribution in [2.45, 2.75) is 11.1 Å². The Bertz CT molecular complexity index is 561. The van der Waals surface area contributed by atoms with Crippen LogP contribution in [0.4, 0.5) is 13.2 Å². The van der Waals surface area contributed by atoms with Crippen molar-refractivity contribution in [2.24, 2.45) is 7.05 Å². The van der Waals surface area contributed by atoms with Crippen LogP contribution in [0.15, 0.2) is 35.5 Å². The van der Waals surface area contributed by atoms with E-state index in [9.17, 15) is 13.2 Å². The van der Waals surface area contributed by atoms with E-state index in [0.29, 0.717) is 10.7 Å². The van der Waals surface area contributed by atoms with Crippen LogP contribution in [-0.4, -0.2) is 15.8 Å². The van der Waals surface area contributed by atoms with E-state index in [1.54, 1.807) is 30.1 Å². The Kier molecular flexibility index (Phi) is 3.38. The van der Waals surface area contributed by atoms with E-state index in [2.05, 4.69) is 4.98 Å². The highest BCUT2D eigenvalue weighted by atomic mass is 32.2. The topological polar surface area (TPSA) is 17.8 Å². The first-order chi connectivity index (χ1) is 8.45. The third kappa shape index (κ3) is 2.25. The van der Waals surface area contributed by atoms with E-state index in [0.717, 1.165) is 6.07 Å². The van der Waals surface area contributed by atoms with Crippen LogP contribution in [0.25, 0.3) is 11.4 Å². The highest BCUT2D eigenvalue weighted by molar-refractivity contribution is 7.98. The Morgan fingerprint density at radius 2 is 2.00 bits per heavy atom. The van der Waals surface area contributed by atoms with Crippen molar-refractivity contribution in [2.75, 3.05) is 6.26 Å². The number of thioether (sulfide) groups is 1. The molecule has 0 bridgehead atoms. The van der Waals surface area contributed by atoms with Crippen molar-refractivity contribution in [1.29, 1.82) is 0 Å². The van der Waals surface area contributed by atoms with Crippen molar-refractivity contribution in [3.63, 3.8) is 0 Å². The summed E-state index contributed by atoms with van der Waals surface area (Å²) in [5.74, 6) is 0.326. The van der Waals surface area contributed by atoms with Gasteiger partial charge in [-0.3, -0.25) is 0 Å². The number of nitrogens with zero attached hydrogens (tertiary/aromatic N) is 2. The van der Waals surface area contributed by atoms with E-state index in [1.807, 2.05) is 0 Å². The molecule has 0 saturated carbocycles. The monoisotopic (exact) mass is 272 g/mol. The molecule has 0 radical (unpaired) electrons. The molecule has 0 N–H and O–H groups in total. The maximum absolute atomic E-state index is 13.0. The number of benzene rings is 1. The lowest BCUT2D eigenvalue weighted by Crippen LogP contribution is -2.09. The zero-order valence-electron chi connectivity index (χ0n) is 9.82. The predicted octanol–water partition coefficient (Wildman–Crippen LogP) is 3.83. The Morgan fingerprint density at radius 3 is 2.50 bits per heavy atom. The van der Waals surface area contributed by atoms with Gasteiger partial charge in [0.05, 0.1) is 5.56 Å². The Balaban J connectivity index is 2.74. The fourth-order valence-corrected chi connectivity index (χ4v) is 2.39. The average Bonchev–Trinajstić information content (AvgIpc) is 2.73. The highest BCUT2D eigenvalue weighted by Gasteiger charge is 2.35. The number of imidazole rings is 1. The van der Waals surface area contributed by atoms with Gasteiger partial charge in [-0.1, -0.05) is 6.07 Å². The normalized spacial score (nSPS) is 11.8. The van der Waals surface area contributed by atoms with Crippen molar-refractivity contribution in [3.05, 3.63) is 36.2 Å². The standard InChI is InChI=1S/C12H11F3N2S/c1-17-7-6-16-11(17)10-8(12(13,14)15)4-3-5-9(10)18-2/h3-7H,1-2H3. The van der Waals surface area contributed by atoms with Crippen LogP contribution in [0.2, 0.25) is 0 Å². The number of aromatic nitrogens is 2. The van der Waals surface area contributed by atoms with Gasteiger partial charge >= 0.3 is 6.18 Å². The van der Waals surface area contributed by atoms with Crippen LogP contribution < -0.4 is 0 Å². The quantitative estimate of drug-likeness (QED) is 0.773. The van der Waals surface area contributed by atoms with Crippen molar-refractivity contribution in [3.8, 4) is 11.4 Å². The molecule has 0 amide bonds. The molecule has 1 aromatic carbocycles. The van der Waals surface area contributed by atoms with Crippen molar-refractivity contribution in [1.82, 2.24) is 9.55 Å². The second-order valence-electron chi connectivity index (χ2n) is 3.74. The van der Waals surface area contributed by atoms with E-state index in [-0.39, 0.29) is 5.56 Å². The largest absolute Gasteiger partial charge is 0.417 e. The summed E-state index contributed by atoms with van der Waals surface area (Å²) in [5.41, 5.74) is -0.506. The van der Waals surface area contributed by atoms with Gasteiger partial charge in [-0.05, 0) is 18.4 Å². The maximum Gasteiger partial charge on any atom is 0.417 e. The molecule has 96 valence electrons. The molecule has 18 heavy (non-hydrogen) atoms. The molecule has 2 nitrogen and oxygen atoms in total. The number of rotatable bonds is 2. The van der Waals surface area contributed by atoms with Gasteiger partial charge in [0.1, 0.15) is 5.82 Å². The molecular formula is C12H11F3N2S. The summed E-state index contributed by atoms with van der Waals surface area (Å²) >= 11 is 1.28. The number of alkyl halides is 3. The lowest BCUT2D eigenvalue weighted by Gasteiger charge is -2.15. The van der Waals surface area contributed by atoms with Crippen molar-refractivity contribution >= 4 is 11.8 Å².